The Kier molecular flexibility index (Phi) is 5.95. The van der Waals surface area contributed by atoms with Crippen molar-refractivity contribution in [3.63, 3.8) is 0 Å². The highest BCUT2D eigenvalue weighted by Crippen LogP contribution is 2.18. The van der Waals surface area contributed by atoms with Crippen molar-refractivity contribution >= 4 is 39.1 Å². The minimum absolute atomic E-state index is 0.0558. The molecule has 0 saturated heterocycles. The monoisotopic (exact) mass is 318 g/mol. The van der Waals surface area contributed by atoms with Gasteiger partial charge in [0, 0.05) is 16.9 Å². The molecule has 1 amide bonds. The number of likely N-dealkylation sites (N-methyl/N-ethyl adjacent to an activating group) is 1. The number of carbonyl (C=O) groups is 1. The molecule has 0 aliphatic rings. The Bertz CT molecular complexity index is 376. The molecule has 0 fully saturated rings. The number of benzene rings is 1. The fourth-order valence-corrected chi connectivity index (χ4v) is 1.85. The van der Waals surface area contributed by atoms with E-state index in [2.05, 4.69) is 26.6 Å². The lowest BCUT2D eigenvalue weighted by atomic mass is 10.1. The summed E-state index contributed by atoms with van der Waals surface area (Å²) in [6, 6.07) is 5.62. The number of carbonyl (C=O) groups excluding carboxylic acids is 1. The Labute approximate surface area is 115 Å². The summed E-state index contributed by atoms with van der Waals surface area (Å²) in [5, 5.41) is 6.49. The number of hydrogen-bond donors (Lipinski definition) is 2. The molecule has 1 unspecified atom stereocenters. The van der Waals surface area contributed by atoms with Gasteiger partial charge in [-0.05, 0) is 37.2 Å². The van der Waals surface area contributed by atoms with E-state index in [0.717, 1.165) is 22.1 Å². The average Bonchev–Trinajstić information content (AvgIpc) is 2.36. The molecule has 1 atom stereocenters. The number of anilines is 1. The largest absolute Gasteiger partial charge is 0.325 e. The van der Waals surface area contributed by atoms with Crippen LogP contribution in [0, 0.1) is 0 Å². The molecule has 1 aromatic rings. The van der Waals surface area contributed by atoms with Gasteiger partial charge in [-0.2, -0.15) is 0 Å². The SMILES string of the molecule is CNC(C)C(=O)Nc1cc(CCl)cc(CBr)c1. The van der Waals surface area contributed by atoms with Gasteiger partial charge in [-0.1, -0.05) is 22.0 Å². The summed E-state index contributed by atoms with van der Waals surface area (Å²) in [5.74, 6) is 0.380. The molecule has 0 heterocycles. The molecule has 17 heavy (non-hydrogen) atoms. The van der Waals surface area contributed by atoms with Crippen LogP contribution in [0.1, 0.15) is 18.1 Å². The van der Waals surface area contributed by atoms with Crippen LogP contribution in [-0.2, 0) is 16.0 Å². The fourth-order valence-electron chi connectivity index (χ4n) is 1.37. The van der Waals surface area contributed by atoms with Gasteiger partial charge in [-0.15, -0.1) is 11.6 Å². The van der Waals surface area contributed by atoms with Crippen molar-refractivity contribution in [3.8, 4) is 0 Å². The van der Waals surface area contributed by atoms with Gasteiger partial charge in [0.15, 0.2) is 0 Å². The van der Waals surface area contributed by atoms with Crippen molar-refractivity contribution in [2.75, 3.05) is 12.4 Å². The Balaban J connectivity index is 2.86. The molecular weight excluding hydrogens is 304 g/mol. The van der Waals surface area contributed by atoms with Crippen molar-refractivity contribution < 1.29 is 4.79 Å². The van der Waals surface area contributed by atoms with Gasteiger partial charge < -0.3 is 10.6 Å². The van der Waals surface area contributed by atoms with Crippen LogP contribution in [-0.4, -0.2) is 19.0 Å². The average molecular weight is 320 g/mol. The van der Waals surface area contributed by atoms with Crippen LogP contribution in [0.4, 0.5) is 5.69 Å². The normalized spacial score (nSPS) is 12.2. The van der Waals surface area contributed by atoms with E-state index in [9.17, 15) is 4.79 Å². The lowest BCUT2D eigenvalue weighted by molar-refractivity contribution is -0.117. The molecule has 0 aromatic heterocycles. The van der Waals surface area contributed by atoms with Gasteiger partial charge >= 0.3 is 0 Å². The van der Waals surface area contributed by atoms with Crippen LogP contribution in [0.15, 0.2) is 18.2 Å². The zero-order chi connectivity index (χ0) is 12.8. The first-order valence-corrected chi connectivity index (χ1v) is 6.99. The molecule has 0 spiro atoms. The summed E-state index contributed by atoms with van der Waals surface area (Å²) in [7, 11) is 1.75. The molecule has 94 valence electrons. The third-order valence-electron chi connectivity index (χ3n) is 2.46. The second-order valence-electron chi connectivity index (χ2n) is 3.81. The Morgan fingerprint density at radius 3 is 2.59 bits per heavy atom. The Morgan fingerprint density at radius 1 is 1.41 bits per heavy atom. The minimum Gasteiger partial charge on any atom is -0.325 e. The van der Waals surface area contributed by atoms with Crippen molar-refractivity contribution in [2.45, 2.75) is 24.2 Å². The predicted octanol–water partition coefficient (Wildman–Crippen LogP) is 2.87. The summed E-state index contributed by atoms with van der Waals surface area (Å²) in [6.45, 7) is 1.81. The molecule has 0 saturated carbocycles. The van der Waals surface area contributed by atoms with E-state index in [1.165, 1.54) is 0 Å². The van der Waals surface area contributed by atoms with Crippen molar-refractivity contribution in [3.05, 3.63) is 29.3 Å². The van der Waals surface area contributed by atoms with Crippen LogP contribution >= 0.6 is 27.5 Å². The zero-order valence-corrected chi connectivity index (χ0v) is 12.2. The standard InChI is InChI=1S/C12H16BrClN2O/c1-8(15-2)12(17)16-11-4-9(6-13)3-10(5-11)7-14/h3-5,8,15H,6-7H2,1-2H3,(H,16,17). The molecule has 2 N–H and O–H groups in total. The molecular formula is C12H16BrClN2O. The first-order valence-electron chi connectivity index (χ1n) is 5.33. The summed E-state index contributed by atoms with van der Waals surface area (Å²) < 4.78 is 0. The third kappa shape index (κ3) is 4.30. The molecule has 0 bridgehead atoms. The van der Waals surface area contributed by atoms with Crippen molar-refractivity contribution in [1.29, 1.82) is 0 Å². The van der Waals surface area contributed by atoms with E-state index in [4.69, 9.17) is 11.6 Å². The number of hydrogen-bond acceptors (Lipinski definition) is 2. The van der Waals surface area contributed by atoms with E-state index in [1.807, 2.05) is 25.1 Å². The highest BCUT2D eigenvalue weighted by molar-refractivity contribution is 9.08. The van der Waals surface area contributed by atoms with Gasteiger partial charge in [0.05, 0.1) is 6.04 Å². The van der Waals surface area contributed by atoms with Gasteiger partial charge in [-0.25, -0.2) is 0 Å². The summed E-state index contributed by atoms with van der Waals surface area (Å²) >= 11 is 9.21. The van der Waals surface area contributed by atoms with Crippen LogP contribution in [0.2, 0.25) is 0 Å². The molecule has 3 nitrogen and oxygen atoms in total. The summed E-state index contributed by atoms with van der Waals surface area (Å²) in [4.78, 5) is 11.7. The molecule has 0 aliphatic heterocycles. The number of nitrogens with one attached hydrogen (secondary N) is 2. The summed E-state index contributed by atoms with van der Waals surface area (Å²) in [6.07, 6.45) is 0. The zero-order valence-electron chi connectivity index (χ0n) is 9.89. The van der Waals surface area contributed by atoms with E-state index in [1.54, 1.807) is 7.05 Å². The van der Waals surface area contributed by atoms with Gasteiger partial charge in [0.25, 0.3) is 0 Å². The topological polar surface area (TPSA) is 41.1 Å². The van der Waals surface area contributed by atoms with Crippen molar-refractivity contribution in [1.82, 2.24) is 5.32 Å². The maximum Gasteiger partial charge on any atom is 0.241 e. The molecule has 1 aromatic carbocycles. The maximum absolute atomic E-state index is 11.7. The number of amides is 1. The first kappa shape index (κ1) is 14.5. The van der Waals surface area contributed by atoms with E-state index >= 15 is 0 Å². The second kappa shape index (κ2) is 6.99. The van der Waals surface area contributed by atoms with Crippen molar-refractivity contribution in [2.24, 2.45) is 0 Å². The second-order valence-corrected chi connectivity index (χ2v) is 4.63. The predicted molar refractivity (Wildman–Crippen MR) is 75.8 cm³/mol. The van der Waals surface area contributed by atoms with Gasteiger partial charge in [0.2, 0.25) is 5.91 Å². The Morgan fingerprint density at radius 2 is 2.06 bits per heavy atom. The Hall–Kier alpha value is -0.580. The van der Waals surface area contributed by atoms with Crippen LogP contribution in [0.3, 0.4) is 0 Å². The number of alkyl halides is 2. The third-order valence-corrected chi connectivity index (χ3v) is 3.41. The molecule has 0 aliphatic carbocycles. The molecule has 1 rings (SSSR count). The molecule has 5 heteroatoms. The molecule has 0 radical (unpaired) electrons. The number of halogens is 2. The smallest absolute Gasteiger partial charge is 0.241 e. The summed E-state index contributed by atoms with van der Waals surface area (Å²) in [5.41, 5.74) is 2.87. The van der Waals surface area contributed by atoms with E-state index in [-0.39, 0.29) is 11.9 Å². The lowest BCUT2D eigenvalue weighted by Gasteiger charge is -2.12. The van der Waals surface area contributed by atoms with Crippen LogP contribution < -0.4 is 10.6 Å². The lowest BCUT2D eigenvalue weighted by Crippen LogP contribution is -2.35. The minimum atomic E-state index is -0.220. The van der Waals surface area contributed by atoms with Crippen LogP contribution in [0.5, 0.6) is 0 Å². The highest BCUT2D eigenvalue weighted by Gasteiger charge is 2.10. The fraction of sp³-hybridized carbons (Fsp3) is 0.417. The number of rotatable bonds is 5. The first-order chi connectivity index (χ1) is 8.10. The maximum atomic E-state index is 11.7. The van der Waals surface area contributed by atoms with E-state index in [0.29, 0.717) is 5.88 Å². The highest BCUT2D eigenvalue weighted by atomic mass is 79.9. The van der Waals surface area contributed by atoms with Crippen LogP contribution in [0.25, 0.3) is 0 Å². The van der Waals surface area contributed by atoms with E-state index < -0.39 is 0 Å². The quantitative estimate of drug-likeness (QED) is 0.819. The van der Waals surface area contributed by atoms with Gasteiger partial charge in [-0.3, -0.25) is 4.79 Å². The van der Waals surface area contributed by atoms with Gasteiger partial charge in [0.1, 0.15) is 0 Å².